The van der Waals surface area contributed by atoms with Crippen LogP contribution < -0.4 is 15.5 Å². The molecule has 2 rings (SSSR count). The fourth-order valence-electron chi connectivity index (χ4n) is 1.74. The number of carbonyl (C=O) groups is 1. The average Bonchev–Trinajstić information content (AvgIpc) is 3.07. The van der Waals surface area contributed by atoms with Gasteiger partial charge in [-0.05, 0) is 50.2 Å². The minimum absolute atomic E-state index is 0.128. The Hall–Kier alpha value is -2.76. The van der Waals surface area contributed by atoms with Crippen LogP contribution in [-0.2, 0) is 4.79 Å². The molecule has 1 amide bonds. The van der Waals surface area contributed by atoms with Gasteiger partial charge in [0.05, 0.1) is 19.4 Å². The summed E-state index contributed by atoms with van der Waals surface area (Å²) in [5, 5.41) is 6.99. The Morgan fingerprint density at radius 3 is 2.68 bits per heavy atom. The van der Waals surface area contributed by atoms with Gasteiger partial charge in [0, 0.05) is 5.69 Å². The summed E-state index contributed by atoms with van der Waals surface area (Å²) >= 11 is 0. The van der Waals surface area contributed by atoms with E-state index in [1.54, 1.807) is 25.3 Å². The van der Waals surface area contributed by atoms with Crippen molar-refractivity contribution in [1.29, 1.82) is 0 Å². The summed E-state index contributed by atoms with van der Waals surface area (Å²) in [6, 6.07) is 11.0. The highest BCUT2D eigenvalue weighted by Gasteiger charge is 2.03. The molecule has 0 aliphatic heterocycles. The molecule has 0 aliphatic rings. The largest absolute Gasteiger partial charge is 0.494 e. The highest BCUT2D eigenvalue weighted by molar-refractivity contribution is 5.96. The summed E-state index contributed by atoms with van der Waals surface area (Å²) in [5.74, 6) is 1.19. The lowest BCUT2D eigenvalue weighted by Gasteiger charge is -2.07. The second kappa shape index (κ2) is 7.87. The maximum absolute atomic E-state index is 11.7. The Labute approximate surface area is 129 Å². The first-order valence-electron chi connectivity index (χ1n) is 7.02. The lowest BCUT2D eigenvalue weighted by Crippen LogP contribution is -2.26. The summed E-state index contributed by atoms with van der Waals surface area (Å²) < 4.78 is 10.5. The molecule has 0 unspecified atom stereocenters. The van der Waals surface area contributed by atoms with Gasteiger partial charge in [0.15, 0.2) is 0 Å². The number of ether oxygens (including phenoxy) is 1. The molecule has 22 heavy (non-hydrogen) atoms. The molecule has 6 heteroatoms. The molecule has 0 bridgehead atoms. The fraction of sp³-hybridized carbons (Fsp3) is 0.250. The van der Waals surface area contributed by atoms with E-state index in [9.17, 15) is 4.79 Å². The van der Waals surface area contributed by atoms with E-state index in [-0.39, 0.29) is 12.5 Å². The number of amides is 1. The second-order valence-corrected chi connectivity index (χ2v) is 4.52. The molecule has 0 atom stereocenters. The summed E-state index contributed by atoms with van der Waals surface area (Å²) in [6.45, 7) is 4.45. The monoisotopic (exact) mass is 301 g/mol. The van der Waals surface area contributed by atoms with E-state index in [0.717, 1.165) is 11.4 Å². The van der Waals surface area contributed by atoms with Gasteiger partial charge >= 0.3 is 0 Å². The summed E-state index contributed by atoms with van der Waals surface area (Å²) in [7, 11) is 0. The molecule has 1 aromatic carbocycles. The second-order valence-electron chi connectivity index (χ2n) is 4.52. The summed E-state index contributed by atoms with van der Waals surface area (Å²) in [5.41, 5.74) is 3.92. The third kappa shape index (κ3) is 4.66. The van der Waals surface area contributed by atoms with E-state index in [1.807, 2.05) is 31.2 Å². The van der Waals surface area contributed by atoms with Crippen molar-refractivity contribution in [3.05, 3.63) is 48.4 Å². The SMILES string of the molecule is CCOc1ccc(NCC(=O)NN=C(C)c2ccco2)cc1. The van der Waals surface area contributed by atoms with Gasteiger partial charge in [-0.15, -0.1) is 0 Å². The number of hydrazone groups is 1. The fourth-order valence-corrected chi connectivity index (χ4v) is 1.74. The summed E-state index contributed by atoms with van der Waals surface area (Å²) in [6.07, 6.45) is 1.56. The van der Waals surface area contributed by atoms with Crippen molar-refractivity contribution >= 4 is 17.3 Å². The van der Waals surface area contributed by atoms with Gasteiger partial charge in [0.2, 0.25) is 0 Å². The van der Waals surface area contributed by atoms with Crippen molar-refractivity contribution in [2.24, 2.45) is 5.10 Å². The Bertz CT molecular complexity index is 619. The first kappa shape index (κ1) is 15.6. The molecule has 1 aromatic heterocycles. The van der Waals surface area contributed by atoms with Crippen molar-refractivity contribution in [1.82, 2.24) is 5.43 Å². The van der Waals surface area contributed by atoms with Crippen LogP contribution in [0, 0.1) is 0 Å². The van der Waals surface area contributed by atoms with Crippen LogP contribution in [0.4, 0.5) is 5.69 Å². The minimum atomic E-state index is -0.236. The molecule has 0 aliphatic carbocycles. The van der Waals surface area contributed by atoms with E-state index < -0.39 is 0 Å². The summed E-state index contributed by atoms with van der Waals surface area (Å²) in [4.78, 5) is 11.7. The van der Waals surface area contributed by atoms with Gasteiger partial charge in [-0.1, -0.05) is 0 Å². The number of carbonyl (C=O) groups excluding carboxylic acids is 1. The van der Waals surface area contributed by atoms with Crippen molar-refractivity contribution in [3.63, 3.8) is 0 Å². The molecule has 116 valence electrons. The van der Waals surface area contributed by atoms with Crippen LogP contribution in [0.15, 0.2) is 52.2 Å². The Kier molecular flexibility index (Phi) is 5.59. The predicted octanol–water partition coefficient (Wildman–Crippen LogP) is 2.63. The molecule has 0 saturated heterocycles. The first-order valence-corrected chi connectivity index (χ1v) is 7.02. The van der Waals surface area contributed by atoms with Crippen molar-refractivity contribution < 1.29 is 13.9 Å². The number of nitrogens with one attached hydrogen (secondary N) is 2. The van der Waals surface area contributed by atoms with E-state index in [2.05, 4.69) is 15.8 Å². The molecular weight excluding hydrogens is 282 g/mol. The number of furan rings is 1. The molecule has 2 aromatic rings. The van der Waals surface area contributed by atoms with Crippen LogP contribution in [0.2, 0.25) is 0 Å². The van der Waals surface area contributed by atoms with Crippen LogP contribution in [0.25, 0.3) is 0 Å². The third-order valence-corrected chi connectivity index (χ3v) is 2.84. The smallest absolute Gasteiger partial charge is 0.259 e. The quantitative estimate of drug-likeness (QED) is 0.609. The van der Waals surface area contributed by atoms with Gasteiger partial charge in [0.1, 0.15) is 17.2 Å². The van der Waals surface area contributed by atoms with Gasteiger partial charge in [-0.25, -0.2) is 5.43 Å². The van der Waals surface area contributed by atoms with E-state index in [1.165, 1.54) is 0 Å². The maximum atomic E-state index is 11.7. The van der Waals surface area contributed by atoms with E-state index in [4.69, 9.17) is 9.15 Å². The number of rotatable bonds is 7. The van der Waals surface area contributed by atoms with Crippen LogP contribution in [-0.4, -0.2) is 24.8 Å². The zero-order valence-corrected chi connectivity index (χ0v) is 12.6. The molecular formula is C16H19N3O3. The van der Waals surface area contributed by atoms with Gasteiger partial charge in [0.25, 0.3) is 5.91 Å². The van der Waals surface area contributed by atoms with Gasteiger partial charge in [-0.2, -0.15) is 5.10 Å². The molecule has 0 spiro atoms. The van der Waals surface area contributed by atoms with Crippen LogP contribution in [0.5, 0.6) is 5.75 Å². The molecule has 1 heterocycles. The topological polar surface area (TPSA) is 75.9 Å². The van der Waals surface area contributed by atoms with Gasteiger partial charge < -0.3 is 14.5 Å². The normalized spacial score (nSPS) is 11.1. The molecule has 0 fully saturated rings. The predicted molar refractivity (Wildman–Crippen MR) is 85.2 cm³/mol. The van der Waals surface area contributed by atoms with Gasteiger partial charge in [-0.3, -0.25) is 4.79 Å². The highest BCUT2D eigenvalue weighted by Crippen LogP contribution is 2.15. The number of hydrogen-bond donors (Lipinski definition) is 2. The Balaban J connectivity index is 1.79. The van der Waals surface area contributed by atoms with E-state index >= 15 is 0 Å². The number of hydrogen-bond acceptors (Lipinski definition) is 5. The minimum Gasteiger partial charge on any atom is -0.494 e. The van der Waals surface area contributed by atoms with Crippen LogP contribution >= 0.6 is 0 Å². The molecule has 0 radical (unpaired) electrons. The first-order chi connectivity index (χ1) is 10.7. The molecule has 2 N–H and O–H groups in total. The standard InChI is InChI=1S/C16H19N3O3/c1-3-21-14-8-6-13(7-9-14)17-11-16(20)19-18-12(2)15-5-4-10-22-15/h4-10,17H,3,11H2,1-2H3,(H,19,20). The maximum Gasteiger partial charge on any atom is 0.259 e. The Morgan fingerprint density at radius 1 is 1.27 bits per heavy atom. The van der Waals surface area contributed by atoms with Crippen molar-refractivity contribution in [2.75, 3.05) is 18.5 Å². The van der Waals surface area contributed by atoms with Crippen molar-refractivity contribution in [2.45, 2.75) is 13.8 Å². The van der Waals surface area contributed by atoms with Crippen LogP contribution in [0.3, 0.4) is 0 Å². The Morgan fingerprint density at radius 2 is 2.05 bits per heavy atom. The number of anilines is 1. The molecule has 6 nitrogen and oxygen atoms in total. The lowest BCUT2D eigenvalue weighted by atomic mass is 10.3. The number of benzene rings is 1. The number of nitrogens with zero attached hydrogens (tertiary/aromatic N) is 1. The van der Waals surface area contributed by atoms with Crippen LogP contribution in [0.1, 0.15) is 19.6 Å². The lowest BCUT2D eigenvalue weighted by molar-refractivity contribution is -0.119. The van der Waals surface area contributed by atoms with E-state index in [0.29, 0.717) is 18.1 Å². The zero-order valence-electron chi connectivity index (χ0n) is 12.6. The zero-order chi connectivity index (χ0) is 15.8. The highest BCUT2D eigenvalue weighted by atomic mass is 16.5. The third-order valence-electron chi connectivity index (χ3n) is 2.84. The van der Waals surface area contributed by atoms with Crippen molar-refractivity contribution in [3.8, 4) is 5.75 Å². The average molecular weight is 301 g/mol. The molecule has 0 saturated carbocycles.